The third kappa shape index (κ3) is 1.64. The van der Waals surface area contributed by atoms with E-state index in [-0.39, 0.29) is 0 Å². The fraction of sp³-hybridized carbons (Fsp3) is 0.750. The molecule has 2 fully saturated rings. The summed E-state index contributed by atoms with van der Waals surface area (Å²) in [7, 11) is 2.24. The number of hydrogen-bond donors (Lipinski definition) is 0. The molecule has 0 saturated carbocycles. The summed E-state index contributed by atoms with van der Waals surface area (Å²) in [5, 5.41) is 1.24. The Balaban J connectivity index is 1.75. The number of anilines is 1. The molecule has 0 amide bonds. The molecule has 0 spiro atoms. The van der Waals surface area contributed by atoms with Crippen molar-refractivity contribution >= 4 is 16.5 Å². The normalized spacial score (nSPS) is 30.1. The van der Waals surface area contributed by atoms with Gasteiger partial charge in [-0.25, -0.2) is 4.98 Å². The molecule has 2 saturated heterocycles. The topological polar surface area (TPSA) is 19.4 Å². The van der Waals surface area contributed by atoms with Crippen LogP contribution in [0.1, 0.15) is 10.6 Å². The zero-order valence-corrected chi connectivity index (χ0v) is 11.0. The first-order valence-electron chi connectivity index (χ1n) is 6.01. The molecular formula is C12H19N3S. The fourth-order valence-electron chi connectivity index (χ4n) is 2.97. The average Bonchev–Trinajstić information content (AvgIpc) is 2.80. The second-order valence-corrected chi connectivity index (χ2v) is 6.47. The van der Waals surface area contributed by atoms with Crippen molar-refractivity contribution in [2.75, 3.05) is 38.1 Å². The molecule has 2 unspecified atom stereocenters. The van der Waals surface area contributed by atoms with Crippen molar-refractivity contribution < 1.29 is 0 Å². The summed E-state index contributed by atoms with van der Waals surface area (Å²) in [6, 6.07) is 0. The molecule has 0 N–H and O–H groups in total. The quantitative estimate of drug-likeness (QED) is 0.742. The van der Waals surface area contributed by atoms with Gasteiger partial charge >= 0.3 is 0 Å². The van der Waals surface area contributed by atoms with Crippen molar-refractivity contribution in [3.05, 3.63) is 10.6 Å². The Kier molecular flexibility index (Phi) is 2.44. The van der Waals surface area contributed by atoms with E-state index in [1.54, 1.807) is 0 Å². The summed E-state index contributed by atoms with van der Waals surface area (Å²) in [5.41, 5.74) is 1.20. The van der Waals surface area contributed by atoms with Gasteiger partial charge < -0.3 is 9.80 Å². The number of rotatable bonds is 1. The van der Waals surface area contributed by atoms with E-state index in [1.165, 1.54) is 41.9 Å². The lowest BCUT2D eigenvalue weighted by Crippen LogP contribution is -2.26. The zero-order chi connectivity index (χ0) is 11.3. The molecule has 4 heteroatoms. The summed E-state index contributed by atoms with van der Waals surface area (Å²) < 4.78 is 0. The number of likely N-dealkylation sites (tertiary alicyclic amines) is 1. The van der Waals surface area contributed by atoms with Crippen molar-refractivity contribution in [1.29, 1.82) is 0 Å². The molecule has 0 radical (unpaired) electrons. The number of fused-ring (bicyclic) bond motifs is 1. The minimum atomic E-state index is 0.870. The highest BCUT2D eigenvalue weighted by Crippen LogP contribution is 2.35. The van der Waals surface area contributed by atoms with E-state index < -0.39 is 0 Å². The van der Waals surface area contributed by atoms with Crippen LogP contribution < -0.4 is 4.90 Å². The summed E-state index contributed by atoms with van der Waals surface area (Å²) in [6.07, 6.45) is 0. The molecule has 2 atom stereocenters. The summed E-state index contributed by atoms with van der Waals surface area (Å²) >= 11 is 1.85. The first-order chi connectivity index (χ1) is 7.63. The molecule has 3 nitrogen and oxygen atoms in total. The van der Waals surface area contributed by atoms with Gasteiger partial charge in [0.25, 0.3) is 0 Å². The number of aromatic nitrogens is 1. The van der Waals surface area contributed by atoms with E-state index in [0.29, 0.717) is 0 Å². The molecule has 0 bridgehead atoms. The number of hydrogen-bond acceptors (Lipinski definition) is 4. The van der Waals surface area contributed by atoms with Gasteiger partial charge in [-0.2, -0.15) is 0 Å². The summed E-state index contributed by atoms with van der Waals surface area (Å²) in [6.45, 7) is 9.24. The van der Waals surface area contributed by atoms with Gasteiger partial charge in [0.1, 0.15) is 0 Å². The SMILES string of the molecule is Cc1nc(N2CC3CN(C)CC3C2)sc1C. The molecule has 1 aromatic rings. The molecule has 3 rings (SSSR count). The molecule has 1 aromatic heterocycles. The van der Waals surface area contributed by atoms with E-state index in [2.05, 4.69) is 35.7 Å². The molecule has 88 valence electrons. The van der Waals surface area contributed by atoms with Gasteiger partial charge in [-0.15, -0.1) is 11.3 Å². The highest BCUT2D eigenvalue weighted by Gasteiger charge is 2.39. The first-order valence-corrected chi connectivity index (χ1v) is 6.82. The van der Waals surface area contributed by atoms with Crippen LogP contribution >= 0.6 is 11.3 Å². The van der Waals surface area contributed by atoms with Crippen LogP contribution in [0.2, 0.25) is 0 Å². The van der Waals surface area contributed by atoms with Crippen molar-refractivity contribution in [2.24, 2.45) is 11.8 Å². The Hall–Kier alpha value is -0.610. The summed E-state index contributed by atoms with van der Waals surface area (Å²) in [4.78, 5) is 11.0. The number of aryl methyl sites for hydroxylation is 2. The molecule has 16 heavy (non-hydrogen) atoms. The van der Waals surface area contributed by atoms with Crippen LogP contribution in [0.25, 0.3) is 0 Å². The minimum absolute atomic E-state index is 0.870. The van der Waals surface area contributed by atoms with Gasteiger partial charge in [-0.3, -0.25) is 0 Å². The van der Waals surface area contributed by atoms with E-state index in [9.17, 15) is 0 Å². The highest BCUT2D eigenvalue weighted by molar-refractivity contribution is 7.15. The number of nitrogens with zero attached hydrogens (tertiary/aromatic N) is 3. The lowest BCUT2D eigenvalue weighted by Gasteiger charge is -2.18. The first kappa shape index (κ1) is 10.5. The Labute approximate surface area is 101 Å². The van der Waals surface area contributed by atoms with E-state index in [0.717, 1.165) is 11.8 Å². The maximum absolute atomic E-state index is 4.67. The van der Waals surface area contributed by atoms with Gasteiger partial charge in [0, 0.05) is 31.1 Å². The summed E-state index contributed by atoms with van der Waals surface area (Å²) in [5.74, 6) is 1.74. The van der Waals surface area contributed by atoms with Crippen LogP contribution in [0, 0.1) is 25.7 Å². The average molecular weight is 237 g/mol. The standard InChI is InChI=1S/C12H19N3S/c1-8-9(2)16-12(13-8)15-6-10-4-14(3)5-11(10)7-15/h10-11H,4-7H2,1-3H3. The lowest BCUT2D eigenvalue weighted by atomic mass is 10.0. The Morgan fingerprint density at radius 1 is 1.12 bits per heavy atom. The lowest BCUT2D eigenvalue weighted by molar-refractivity contribution is 0.387. The van der Waals surface area contributed by atoms with Crippen LogP contribution in [0.3, 0.4) is 0 Å². The molecule has 0 aromatic carbocycles. The minimum Gasteiger partial charge on any atom is -0.347 e. The molecule has 0 aliphatic carbocycles. The molecule has 3 heterocycles. The van der Waals surface area contributed by atoms with Gasteiger partial charge in [0.05, 0.1) is 5.69 Å². The van der Waals surface area contributed by atoms with Crippen LogP contribution in [0.15, 0.2) is 0 Å². The number of thiazole rings is 1. The Bertz CT molecular complexity index is 367. The molecular weight excluding hydrogens is 218 g/mol. The third-order valence-corrected chi connectivity index (χ3v) is 5.09. The van der Waals surface area contributed by atoms with Crippen LogP contribution in [0.4, 0.5) is 5.13 Å². The smallest absolute Gasteiger partial charge is 0.185 e. The second kappa shape index (κ2) is 3.70. The van der Waals surface area contributed by atoms with Crippen LogP contribution in [-0.2, 0) is 0 Å². The second-order valence-electron chi connectivity index (χ2n) is 5.28. The van der Waals surface area contributed by atoms with Crippen molar-refractivity contribution in [2.45, 2.75) is 13.8 Å². The van der Waals surface area contributed by atoms with E-state index in [4.69, 9.17) is 0 Å². The molecule has 2 aliphatic heterocycles. The van der Waals surface area contributed by atoms with Crippen molar-refractivity contribution in [1.82, 2.24) is 9.88 Å². The van der Waals surface area contributed by atoms with Gasteiger partial charge in [0.15, 0.2) is 5.13 Å². The largest absolute Gasteiger partial charge is 0.347 e. The van der Waals surface area contributed by atoms with E-state index >= 15 is 0 Å². The Morgan fingerprint density at radius 2 is 1.75 bits per heavy atom. The maximum Gasteiger partial charge on any atom is 0.185 e. The zero-order valence-electron chi connectivity index (χ0n) is 10.2. The van der Waals surface area contributed by atoms with Gasteiger partial charge in [-0.1, -0.05) is 0 Å². The van der Waals surface area contributed by atoms with Gasteiger partial charge in [-0.05, 0) is 32.7 Å². The van der Waals surface area contributed by atoms with Crippen LogP contribution in [-0.4, -0.2) is 43.1 Å². The maximum atomic E-state index is 4.67. The fourth-order valence-corrected chi connectivity index (χ4v) is 3.90. The van der Waals surface area contributed by atoms with Crippen LogP contribution in [0.5, 0.6) is 0 Å². The van der Waals surface area contributed by atoms with Crippen molar-refractivity contribution in [3.8, 4) is 0 Å². The Morgan fingerprint density at radius 3 is 2.25 bits per heavy atom. The predicted molar refractivity (Wildman–Crippen MR) is 68.3 cm³/mol. The molecule has 2 aliphatic rings. The third-order valence-electron chi connectivity index (χ3n) is 3.96. The monoisotopic (exact) mass is 237 g/mol. The van der Waals surface area contributed by atoms with E-state index in [1.807, 2.05) is 11.3 Å². The highest BCUT2D eigenvalue weighted by atomic mass is 32.1. The van der Waals surface area contributed by atoms with Crippen molar-refractivity contribution in [3.63, 3.8) is 0 Å². The van der Waals surface area contributed by atoms with Gasteiger partial charge in [0.2, 0.25) is 0 Å². The predicted octanol–water partition coefficient (Wildman–Crippen LogP) is 1.76.